The lowest BCUT2D eigenvalue weighted by Crippen LogP contribution is -2.16. The van der Waals surface area contributed by atoms with Gasteiger partial charge in [0, 0.05) is 6.04 Å². The van der Waals surface area contributed by atoms with Crippen LogP contribution in [0.1, 0.15) is 44.7 Å². The summed E-state index contributed by atoms with van der Waals surface area (Å²) in [6.07, 6.45) is 3.18. The van der Waals surface area contributed by atoms with Gasteiger partial charge in [0.05, 0.1) is 0 Å². The molecule has 0 aliphatic heterocycles. The summed E-state index contributed by atoms with van der Waals surface area (Å²) in [6.45, 7) is 4.37. The number of hydrogen-bond acceptors (Lipinski definition) is 1. The van der Waals surface area contributed by atoms with E-state index < -0.39 is 11.6 Å². The third-order valence-electron chi connectivity index (χ3n) is 2.97. The van der Waals surface area contributed by atoms with Crippen LogP contribution in [-0.2, 0) is 0 Å². The Kier molecular flexibility index (Phi) is 5.56. The van der Waals surface area contributed by atoms with Crippen molar-refractivity contribution in [2.75, 3.05) is 7.05 Å². The topological polar surface area (TPSA) is 12.0 Å². The number of rotatable bonds is 6. The Hall–Kier alpha value is -0.960. The number of benzene rings is 1. The molecule has 0 spiro atoms. The average Bonchev–Trinajstić information content (AvgIpc) is 2.28. The van der Waals surface area contributed by atoms with Crippen LogP contribution in [-0.4, -0.2) is 7.05 Å². The summed E-state index contributed by atoms with van der Waals surface area (Å²) in [5, 5.41) is 3.15. The lowest BCUT2D eigenvalue weighted by Gasteiger charge is -2.17. The molecule has 0 amide bonds. The molecule has 0 bridgehead atoms. The van der Waals surface area contributed by atoms with Crippen molar-refractivity contribution >= 4 is 0 Å². The standard InChI is InChI=1S/C14H21F2N/c1-10(2)5-4-6-14(17-3)11-7-8-12(15)13(16)9-11/h7-10,14,17H,4-6H2,1-3H3. The monoisotopic (exact) mass is 241 g/mol. The Balaban J connectivity index is 2.62. The molecule has 1 atom stereocenters. The molecule has 1 aromatic carbocycles. The molecule has 17 heavy (non-hydrogen) atoms. The van der Waals surface area contributed by atoms with E-state index in [0.717, 1.165) is 24.8 Å². The van der Waals surface area contributed by atoms with E-state index in [1.54, 1.807) is 6.07 Å². The van der Waals surface area contributed by atoms with E-state index >= 15 is 0 Å². The molecular weight excluding hydrogens is 220 g/mol. The summed E-state index contributed by atoms with van der Waals surface area (Å²) in [4.78, 5) is 0. The quantitative estimate of drug-likeness (QED) is 0.792. The van der Waals surface area contributed by atoms with Crippen LogP contribution in [0.15, 0.2) is 18.2 Å². The van der Waals surface area contributed by atoms with E-state index in [4.69, 9.17) is 0 Å². The molecule has 96 valence electrons. The first kappa shape index (κ1) is 14.1. The maximum atomic E-state index is 13.1. The van der Waals surface area contributed by atoms with E-state index in [-0.39, 0.29) is 6.04 Å². The van der Waals surface area contributed by atoms with Crippen LogP contribution in [0.3, 0.4) is 0 Å². The highest BCUT2D eigenvalue weighted by atomic mass is 19.2. The van der Waals surface area contributed by atoms with Gasteiger partial charge >= 0.3 is 0 Å². The fraction of sp³-hybridized carbons (Fsp3) is 0.571. The van der Waals surface area contributed by atoms with Gasteiger partial charge < -0.3 is 5.32 Å². The molecule has 0 aliphatic carbocycles. The Morgan fingerprint density at radius 1 is 1.12 bits per heavy atom. The van der Waals surface area contributed by atoms with Crippen LogP contribution in [0.4, 0.5) is 8.78 Å². The summed E-state index contributed by atoms with van der Waals surface area (Å²) < 4.78 is 26.0. The molecule has 0 saturated heterocycles. The van der Waals surface area contributed by atoms with E-state index in [0.29, 0.717) is 5.92 Å². The van der Waals surface area contributed by atoms with Gasteiger partial charge in [-0.25, -0.2) is 8.78 Å². The summed E-state index contributed by atoms with van der Waals surface area (Å²) in [6, 6.07) is 4.22. The number of halogens is 2. The molecule has 1 N–H and O–H groups in total. The Morgan fingerprint density at radius 2 is 1.82 bits per heavy atom. The van der Waals surface area contributed by atoms with Gasteiger partial charge in [0.25, 0.3) is 0 Å². The van der Waals surface area contributed by atoms with Gasteiger partial charge in [-0.1, -0.05) is 32.8 Å². The molecule has 0 radical (unpaired) electrons. The van der Waals surface area contributed by atoms with Crippen LogP contribution < -0.4 is 5.32 Å². The average molecular weight is 241 g/mol. The maximum absolute atomic E-state index is 13.1. The Morgan fingerprint density at radius 3 is 2.35 bits per heavy atom. The largest absolute Gasteiger partial charge is 0.313 e. The highest BCUT2D eigenvalue weighted by Crippen LogP contribution is 2.22. The van der Waals surface area contributed by atoms with Crippen molar-refractivity contribution in [3.63, 3.8) is 0 Å². The molecule has 1 unspecified atom stereocenters. The lowest BCUT2D eigenvalue weighted by atomic mass is 9.98. The number of nitrogens with one attached hydrogen (secondary N) is 1. The van der Waals surface area contributed by atoms with Gasteiger partial charge in [-0.2, -0.15) is 0 Å². The van der Waals surface area contributed by atoms with Crippen LogP contribution >= 0.6 is 0 Å². The van der Waals surface area contributed by atoms with Crippen LogP contribution in [0.25, 0.3) is 0 Å². The molecule has 0 aliphatic rings. The highest BCUT2D eigenvalue weighted by Gasteiger charge is 2.11. The fourth-order valence-corrected chi connectivity index (χ4v) is 1.94. The van der Waals surface area contributed by atoms with Crippen molar-refractivity contribution in [1.29, 1.82) is 0 Å². The first-order chi connectivity index (χ1) is 8.04. The van der Waals surface area contributed by atoms with Gasteiger partial charge in [0.2, 0.25) is 0 Å². The minimum atomic E-state index is -0.786. The van der Waals surface area contributed by atoms with Crippen LogP contribution in [0, 0.1) is 17.6 Å². The van der Waals surface area contributed by atoms with Crippen molar-refractivity contribution in [3.8, 4) is 0 Å². The Bertz CT molecular complexity index is 350. The van der Waals surface area contributed by atoms with Crippen molar-refractivity contribution < 1.29 is 8.78 Å². The van der Waals surface area contributed by atoms with Gasteiger partial charge in [-0.05, 0) is 37.1 Å². The van der Waals surface area contributed by atoms with Crippen molar-refractivity contribution in [2.24, 2.45) is 5.92 Å². The molecule has 0 aromatic heterocycles. The number of hydrogen-bond donors (Lipinski definition) is 1. The second-order valence-corrected chi connectivity index (χ2v) is 4.84. The molecule has 1 nitrogen and oxygen atoms in total. The predicted octanol–water partition coefficient (Wildman–Crippen LogP) is 4.05. The smallest absolute Gasteiger partial charge is 0.159 e. The minimum Gasteiger partial charge on any atom is -0.313 e. The van der Waals surface area contributed by atoms with Gasteiger partial charge in [-0.15, -0.1) is 0 Å². The second-order valence-electron chi connectivity index (χ2n) is 4.84. The van der Waals surface area contributed by atoms with Gasteiger partial charge in [0.1, 0.15) is 0 Å². The predicted molar refractivity (Wildman–Crippen MR) is 66.8 cm³/mol. The molecule has 0 saturated carbocycles. The van der Waals surface area contributed by atoms with E-state index in [1.165, 1.54) is 12.1 Å². The molecule has 1 aromatic rings. The summed E-state index contributed by atoms with van der Waals surface area (Å²) in [5.41, 5.74) is 0.815. The van der Waals surface area contributed by atoms with E-state index in [9.17, 15) is 8.78 Å². The summed E-state index contributed by atoms with van der Waals surface area (Å²) in [7, 11) is 1.85. The maximum Gasteiger partial charge on any atom is 0.159 e. The zero-order chi connectivity index (χ0) is 12.8. The van der Waals surface area contributed by atoms with Crippen molar-refractivity contribution in [3.05, 3.63) is 35.4 Å². The zero-order valence-corrected chi connectivity index (χ0v) is 10.8. The van der Waals surface area contributed by atoms with Gasteiger partial charge in [-0.3, -0.25) is 0 Å². The fourth-order valence-electron chi connectivity index (χ4n) is 1.94. The Labute approximate surface area is 102 Å². The normalized spacial score (nSPS) is 13.1. The lowest BCUT2D eigenvalue weighted by molar-refractivity contribution is 0.463. The summed E-state index contributed by atoms with van der Waals surface area (Å²) in [5.74, 6) is -0.880. The van der Waals surface area contributed by atoms with Gasteiger partial charge in [0.15, 0.2) is 11.6 Å². The van der Waals surface area contributed by atoms with Crippen LogP contribution in [0.2, 0.25) is 0 Å². The second kappa shape index (κ2) is 6.70. The third kappa shape index (κ3) is 4.43. The third-order valence-corrected chi connectivity index (χ3v) is 2.97. The SMILES string of the molecule is CNC(CCCC(C)C)c1ccc(F)c(F)c1. The summed E-state index contributed by atoms with van der Waals surface area (Å²) >= 11 is 0. The zero-order valence-electron chi connectivity index (χ0n) is 10.8. The highest BCUT2D eigenvalue weighted by molar-refractivity contribution is 5.21. The van der Waals surface area contributed by atoms with E-state index in [1.807, 2.05) is 7.05 Å². The van der Waals surface area contributed by atoms with Crippen LogP contribution in [0.5, 0.6) is 0 Å². The van der Waals surface area contributed by atoms with Crippen molar-refractivity contribution in [1.82, 2.24) is 5.32 Å². The molecule has 0 fully saturated rings. The van der Waals surface area contributed by atoms with Crippen molar-refractivity contribution in [2.45, 2.75) is 39.2 Å². The first-order valence-electron chi connectivity index (χ1n) is 6.16. The molecule has 0 heterocycles. The molecule has 3 heteroatoms. The molecular formula is C14H21F2N. The first-order valence-corrected chi connectivity index (χ1v) is 6.16. The molecule has 1 rings (SSSR count). The minimum absolute atomic E-state index is 0.101. The van der Waals surface area contributed by atoms with E-state index in [2.05, 4.69) is 19.2 Å².